The summed E-state index contributed by atoms with van der Waals surface area (Å²) in [5, 5.41) is 3.10. The van der Waals surface area contributed by atoms with Crippen molar-refractivity contribution in [3.05, 3.63) is 88.9 Å². The van der Waals surface area contributed by atoms with Crippen LogP contribution in [0, 0.1) is 6.92 Å². The van der Waals surface area contributed by atoms with E-state index >= 15 is 0 Å². The van der Waals surface area contributed by atoms with Crippen LogP contribution in [0.25, 0.3) is 0 Å². The molecule has 0 saturated heterocycles. The number of hydrogen-bond acceptors (Lipinski definition) is 5. The zero-order valence-electron chi connectivity index (χ0n) is 17.4. The Kier molecular flexibility index (Phi) is 7.17. The highest BCUT2D eigenvalue weighted by molar-refractivity contribution is 7.92. The Morgan fingerprint density at radius 1 is 1.00 bits per heavy atom. The molecule has 0 aliphatic heterocycles. The largest absolute Gasteiger partial charge is 0.452 e. The number of anilines is 2. The lowest BCUT2D eigenvalue weighted by Gasteiger charge is -2.20. The first kappa shape index (κ1) is 23.3. The van der Waals surface area contributed by atoms with Gasteiger partial charge in [-0.15, -0.1) is 0 Å². The van der Waals surface area contributed by atoms with Gasteiger partial charge in [-0.05, 0) is 61.5 Å². The molecule has 1 amide bonds. The van der Waals surface area contributed by atoms with E-state index in [9.17, 15) is 18.0 Å². The molecule has 3 aromatic carbocycles. The highest BCUT2D eigenvalue weighted by Crippen LogP contribution is 2.23. The minimum Gasteiger partial charge on any atom is -0.452 e. The van der Waals surface area contributed by atoms with Crippen molar-refractivity contribution in [1.82, 2.24) is 0 Å². The van der Waals surface area contributed by atoms with Gasteiger partial charge in [0, 0.05) is 17.8 Å². The van der Waals surface area contributed by atoms with Crippen molar-refractivity contribution < 1.29 is 22.7 Å². The molecule has 0 bridgehead atoms. The molecular formula is C23H21ClN2O5S. The van der Waals surface area contributed by atoms with Crippen molar-refractivity contribution in [1.29, 1.82) is 0 Å². The number of hydrogen-bond donors (Lipinski definition) is 1. The van der Waals surface area contributed by atoms with Gasteiger partial charge < -0.3 is 10.1 Å². The van der Waals surface area contributed by atoms with Gasteiger partial charge in [-0.2, -0.15) is 0 Å². The van der Waals surface area contributed by atoms with Crippen LogP contribution in [0.5, 0.6) is 0 Å². The standard InChI is InChI=1S/C23H21ClN2O5S/c1-16-6-12-20(13-7-16)26(2)32(29,30)21-5-3-4-17(14-21)23(28)31-15-22(27)25-19-10-8-18(24)9-11-19/h3-14H,15H2,1-2H3,(H,25,27). The molecule has 3 rings (SSSR count). The Balaban J connectivity index is 1.67. The fraction of sp³-hybridized carbons (Fsp3) is 0.130. The fourth-order valence-electron chi connectivity index (χ4n) is 2.78. The minimum atomic E-state index is -3.90. The van der Waals surface area contributed by atoms with Crippen molar-refractivity contribution >= 4 is 44.9 Å². The number of sulfonamides is 1. The number of ether oxygens (including phenoxy) is 1. The molecule has 0 heterocycles. The third-order valence-corrected chi connectivity index (χ3v) is 6.62. The molecule has 0 spiro atoms. The predicted octanol–water partition coefficient (Wildman–Crippen LogP) is 4.27. The number of esters is 1. The maximum absolute atomic E-state index is 13.0. The smallest absolute Gasteiger partial charge is 0.338 e. The normalized spacial score (nSPS) is 11.0. The van der Waals surface area contributed by atoms with Crippen LogP contribution in [-0.4, -0.2) is 33.9 Å². The lowest BCUT2D eigenvalue weighted by molar-refractivity contribution is -0.119. The molecule has 0 aliphatic carbocycles. The molecule has 0 fully saturated rings. The van der Waals surface area contributed by atoms with Crippen molar-refractivity contribution in [2.75, 3.05) is 23.3 Å². The summed E-state index contributed by atoms with van der Waals surface area (Å²) in [5.41, 5.74) is 2.01. The molecule has 0 saturated carbocycles. The maximum atomic E-state index is 13.0. The molecule has 32 heavy (non-hydrogen) atoms. The van der Waals surface area contributed by atoms with Crippen LogP contribution < -0.4 is 9.62 Å². The lowest BCUT2D eigenvalue weighted by atomic mass is 10.2. The van der Waals surface area contributed by atoms with Crippen LogP contribution in [0.4, 0.5) is 11.4 Å². The Morgan fingerprint density at radius 2 is 1.66 bits per heavy atom. The molecule has 0 radical (unpaired) electrons. The van der Waals surface area contributed by atoms with E-state index in [0.29, 0.717) is 16.4 Å². The van der Waals surface area contributed by atoms with E-state index in [0.717, 1.165) is 9.87 Å². The zero-order chi connectivity index (χ0) is 23.3. The number of nitrogens with one attached hydrogen (secondary N) is 1. The van der Waals surface area contributed by atoms with Gasteiger partial charge in [-0.1, -0.05) is 35.4 Å². The Morgan fingerprint density at radius 3 is 2.31 bits per heavy atom. The summed E-state index contributed by atoms with van der Waals surface area (Å²) < 4.78 is 32.1. The van der Waals surface area contributed by atoms with E-state index < -0.39 is 28.5 Å². The second-order valence-corrected chi connectivity index (χ2v) is 9.37. The van der Waals surface area contributed by atoms with Crippen LogP contribution in [0.1, 0.15) is 15.9 Å². The van der Waals surface area contributed by atoms with Crippen molar-refractivity contribution in [3.63, 3.8) is 0 Å². The van der Waals surface area contributed by atoms with Gasteiger partial charge in [-0.3, -0.25) is 9.10 Å². The topological polar surface area (TPSA) is 92.8 Å². The molecule has 166 valence electrons. The average Bonchev–Trinajstić information content (AvgIpc) is 2.79. The van der Waals surface area contributed by atoms with Gasteiger partial charge in [0.25, 0.3) is 15.9 Å². The Labute approximate surface area is 191 Å². The number of halogens is 1. The number of nitrogens with zero attached hydrogens (tertiary/aromatic N) is 1. The van der Waals surface area contributed by atoms with Gasteiger partial charge in [0.1, 0.15) is 0 Å². The van der Waals surface area contributed by atoms with Gasteiger partial charge in [-0.25, -0.2) is 13.2 Å². The van der Waals surface area contributed by atoms with E-state index in [1.54, 1.807) is 36.4 Å². The molecule has 0 unspecified atom stereocenters. The molecule has 7 nitrogen and oxygen atoms in total. The first-order chi connectivity index (χ1) is 15.2. The van der Waals surface area contributed by atoms with E-state index in [-0.39, 0.29) is 10.5 Å². The summed E-state index contributed by atoms with van der Waals surface area (Å²) in [4.78, 5) is 24.3. The third kappa shape index (κ3) is 5.66. The van der Waals surface area contributed by atoms with Crippen LogP contribution in [0.15, 0.2) is 77.7 Å². The summed E-state index contributed by atoms with van der Waals surface area (Å²) in [6, 6.07) is 18.9. The number of carbonyl (C=O) groups excluding carboxylic acids is 2. The average molecular weight is 473 g/mol. The minimum absolute atomic E-state index is 0.0164. The fourth-order valence-corrected chi connectivity index (χ4v) is 4.15. The number of aryl methyl sites for hydroxylation is 1. The van der Waals surface area contributed by atoms with Gasteiger partial charge in [0.05, 0.1) is 16.1 Å². The zero-order valence-corrected chi connectivity index (χ0v) is 19.0. The quantitative estimate of drug-likeness (QED) is 0.518. The van der Waals surface area contributed by atoms with Crippen LogP contribution >= 0.6 is 11.6 Å². The van der Waals surface area contributed by atoms with Gasteiger partial charge >= 0.3 is 5.97 Å². The molecule has 3 aromatic rings. The molecule has 0 atom stereocenters. The van der Waals surface area contributed by atoms with E-state index in [1.165, 1.54) is 31.3 Å². The SMILES string of the molecule is Cc1ccc(N(C)S(=O)(=O)c2cccc(C(=O)OCC(=O)Nc3ccc(Cl)cc3)c2)cc1. The third-order valence-electron chi connectivity index (χ3n) is 4.59. The highest BCUT2D eigenvalue weighted by atomic mass is 35.5. The van der Waals surface area contributed by atoms with Crippen LogP contribution in [-0.2, 0) is 19.6 Å². The van der Waals surface area contributed by atoms with Crippen molar-refractivity contribution in [3.8, 4) is 0 Å². The summed E-state index contributed by atoms with van der Waals surface area (Å²) in [6.07, 6.45) is 0. The number of carbonyl (C=O) groups is 2. The first-order valence-corrected chi connectivity index (χ1v) is 11.4. The Bertz CT molecular complexity index is 1230. The van der Waals surface area contributed by atoms with E-state index in [2.05, 4.69) is 5.32 Å². The van der Waals surface area contributed by atoms with E-state index in [1.807, 2.05) is 19.1 Å². The summed E-state index contributed by atoms with van der Waals surface area (Å²) in [6.45, 7) is 1.38. The first-order valence-electron chi connectivity index (χ1n) is 9.55. The predicted molar refractivity (Wildman–Crippen MR) is 124 cm³/mol. The molecule has 9 heteroatoms. The van der Waals surface area contributed by atoms with Gasteiger partial charge in [0.2, 0.25) is 0 Å². The monoisotopic (exact) mass is 472 g/mol. The van der Waals surface area contributed by atoms with E-state index in [4.69, 9.17) is 16.3 Å². The second kappa shape index (κ2) is 9.84. The summed E-state index contributed by atoms with van der Waals surface area (Å²) in [5.74, 6) is -1.35. The van der Waals surface area contributed by atoms with Crippen LogP contribution in [0.2, 0.25) is 5.02 Å². The number of amides is 1. The number of benzene rings is 3. The van der Waals surface area contributed by atoms with Crippen molar-refractivity contribution in [2.24, 2.45) is 0 Å². The molecular weight excluding hydrogens is 452 g/mol. The lowest BCUT2D eigenvalue weighted by Crippen LogP contribution is -2.27. The summed E-state index contributed by atoms with van der Waals surface area (Å²) >= 11 is 5.80. The van der Waals surface area contributed by atoms with Crippen LogP contribution in [0.3, 0.4) is 0 Å². The van der Waals surface area contributed by atoms with Gasteiger partial charge in [0.15, 0.2) is 6.61 Å². The molecule has 1 N–H and O–H groups in total. The maximum Gasteiger partial charge on any atom is 0.338 e. The number of rotatable bonds is 7. The molecule has 0 aliphatic rings. The van der Waals surface area contributed by atoms with Crippen molar-refractivity contribution in [2.45, 2.75) is 11.8 Å². The highest BCUT2D eigenvalue weighted by Gasteiger charge is 2.23. The second-order valence-electron chi connectivity index (χ2n) is 6.97. The summed E-state index contributed by atoms with van der Waals surface area (Å²) in [7, 11) is -2.46. The Hall–Kier alpha value is -3.36. The molecule has 0 aromatic heterocycles.